The van der Waals surface area contributed by atoms with Crippen molar-refractivity contribution in [2.45, 2.75) is 19.9 Å². The van der Waals surface area contributed by atoms with Gasteiger partial charge in [0, 0.05) is 17.6 Å². The molecule has 0 aromatic heterocycles. The van der Waals surface area contributed by atoms with Crippen molar-refractivity contribution in [3.8, 4) is 11.5 Å². The molecule has 0 radical (unpaired) electrons. The summed E-state index contributed by atoms with van der Waals surface area (Å²) in [6, 6.07) is 10.9. The van der Waals surface area contributed by atoms with Crippen LogP contribution in [0.3, 0.4) is 0 Å². The van der Waals surface area contributed by atoms with Crippen LogP contribution in [0, 0.1) is 0 Å². The first-order chi connectivity index (χ1) is 15.4. The molecule has 1 heterocycles. The number of amides is 2. The summed E-state index contributed by atoms with van der Waals surface area (Å²) in [5, 5.41) is 3.71. The van der Waals surface area contributed by atoms with Crippen molar-refractivity contribution in [1.29, 1.82) is 0 Å². The van der Waals surface area contributed by atoms with Gasteiger partial charge in [0.05, 0.1) is 36.1 Å². The van der Waals surface area contributed by atoms with E-state index in [9.17, 15) is 9.59 Å². The molecule has 0 saturated heterocycles. The highest BCUT2D eigenvalue weighted by molar-refractivity contribution is 6.34. The Morgan fingerprint density at radius 1 is 1.16 bits per heavy atom. The van der Waals surface area contributed by atoms with Gasteiger partial charge in [-0.1, -0.05) is 35.3 Å². The summed E-state index contributed by atoms with van der Waals surface area (Å²) in [7, 11) is 1.55. The van der Waals surface area contributed by atoms with E-state index < -0.39 is 12.0 Å². The van der Waals surface area contributed by atoms with Crippen LogP contribution in [0.2, 0.25) is 10.0 Å². The van der Waals surface area contributed by atoms with Gasteiger partial charge in [0.2, 0.25) is 0 Å². The van der Waals surface area contributed by atoms with Crippen LogP contribution < -0.4 is 14.8 Å². The molecule has 7 nitrogen and oxygen atoms in total. The zero-order chi connectivity index (χ0) is 23.3. The number of rotatable bonds is 8. The Labute approximate surface area is 196 Å². The van der Waals surface area contributed by atoms with Crippen LogP contribution in [0.25, 0.3) is 0 Å². The fourth-order valence-electron chi connectivity index (χ4n) is 3.45. The van der Waals surface area contributed by atoms with Crippen molar-refractivity contribution >= 4 is 35.2 Å². The topological polar surface area (TPSA) is 77.1 Å². The number of methoxy groups -OCH3 is 1. The molecule has 2 aromatic rings. The molecular formula is C23H24Cl2N2O5. The molecule has 32 heavy (non-hydrogen) atoms. The summed E-state index contributed by atoms with van der Waals surface area (Å²) in [4.78, 5) is 27.4. The number of hydrogen-bond acceptors (Lipinski definition) is 5. The summed E-state index contributed by atoms with van der Waals surface area (Å²) in [5.41, 5.74) is 1.34. The summed E-state index contributed by atoms with van der Waals surface area (Å²) >= 11 is 12.3. The number of esters is 1. The molecule has 0 bridgehead atoms. The molecule has 0 aliphatic carbocycles. The molecule has 0 fully saturated rings. The Hall–Kier alpha value is -2.90. The molecule has 0 spiro atoms. The van der Waals surface area contributed by atoms with E-state index in [1.807, 2.05) is 0 Å². The summed E-state index contributed by atoms with van der Waals surface area (Å²) in [6.07, 6.45) is 0. The number of urea groups is 1. The molecule has 2 aromatic carbocycles. The van der Waals surface area contributed by atoms with Crippen LogP contribution in [-0.4, -0.2) is 43.8 Å². The maximum absolute atomic E-state index is 13.1. The zero-order valence-corrected chi connectivity index (χ0v) is 19.5. The van der Waals surface area contributed by atoms with Gasteiger partial charge >= 0.3 is 12.0 Å². The van der Waals surface area contributed by atoms with Gasteiger partial charge in [0.15, 0.2) is 0 Å². The molecule has 1 aliphatic heterocycles. The standard InChI is InChI=1S/C23H24Cl2N2O5/c1-4-27-18(13-32-19-12-15(24)9-10-17(19)25)20(22(28)31-5-2)21(26-23(27)29)14-7-6-8-16(11-14)30-3/h6-12,21H,4-5,13H2,1-3H3,(H,26,29)/t21-/m0/s1. The number of nitrogens with one attached hydrogen (secondary N) is 1. The second-order valence-electron chi connectivity index (χ2n) is 6.85. The van der Waals surface area contributed by atoms with Gasteiger partial charge < -0.3 is 19.5 Å². The molecule has 1 N–H and O–H groups in total. The zero-order valence-electron chi connectivity index (χ0n) is 18.0. The van der Waals surface area contributed by atoms with E-state index in [0.717, 1.165) is 0 Å². The highest BCUT2D eigenvalue weighted by atomic mass is 35.5. The van der Waals surface area contributed by atoms with Crippen LogP contribution in [0.1, 0.15) is 25.5 Å². The van der Waals surface area contributed by atoms with Crippen LogP contribution in [0.4, 0.5) is 4.79 Å². The van der Waals surface area contributed by atoms with E-state index in [1.165, 1.54) is 4.90 Å². The SMILES string of the molecule is CCOC(=O)C1=C(COc2cc(Cl)ccc2Cl)N(CC)C(=O)N[C@H]1c1cccc(OC)c1. The van der Waals surface area contributed by atoms with Crippen LogP contribution in [0.15, 0.2) is 53.7 Å². The van der Waals surface area contributed by atoms with E-state index in [-0.39, 0.29) is 24.8 Å². The van der Waals surface area contributed by atoms with E-state index in [0.29, 0.717) is 39.3 Å². The molecule has 0 saturated carbocycles. The minimum absolute atomic E-state index is 0.0874. The van der Waals surface area contributed by atoms with Crippen molar-refractivity contribution in [1.82, 2.24) is 10.2 Å². The maximum Gasteiger partial charge on any atom is 0.338 e. The molecule has 3 rings (SSSR count). The largest absolute Gasteiger partial charge is 0.497 e. The first kappa shape index (κ1) is 23.8. The van der Waals surface area contributed by atoms with E-state index >= 15 is 0 Å². The fourth-order valence-corrected chi connectivity index (χ4v) is 3.78. The Morgan fingerprint density at radius 2 is 1.94 bits per heavy atom. The van der Waals surface area contributed by atoms with E-state index in [1.54, 1.807) is 63.4 Å². The third kappa shape index (κ3) is 5.11. The number of nitrogens with zero attached hydrogens (tertiary/aromatic N) is 1. The predicted molar refractivity (Wildman–Crippen MR) is 122 cm³/mol. The maximum atomic E-state index is 13.1. The molecule has 0 unspecified atom stereocenters. The predicted octanol–water partition coefficient (Wildman–Crippen LogP) is 4.98. The third-order valence-corrected chi connectivity index (χ3v) is 5.48. The highest BCUT2D eigenvalue weighted by Crippen LogP contribution is 2.34. The summed E-state index contributed by atoms with van der Waals surface area (Å²) < 4.78 is 16.5. The average Bonchev–Trinajstić information content (AvgIpc) is 2.79. The lowest BCUT2D eigenvalue weighted by atomic mass is 9.94. The normalized spacial score (nSPS) is 16.0. The fraction of sp³-hybridized carbons (Fsp3) is 0.304. The molecule has 2 amide bonds. The first-order valence-corrected chi connectivity index (χ1v) is 10.8. The van der Waals surface area contributed by atoms with Gasteiger partial charge in [-0.3, -0.25) is 4.90 Å². The van der Waals surface area contributed by atoms with Crippen LogP contribution >= 0.6 is 23.2 Å². The Morgan fingerprint density at radius 3 is 2.62 bits per heavy atom. The number of likely N-dealkylation sites (N-methyl/N-ethyl adjacent to an activating group) is 1. The quantitative estimate of drug-likeness (QED) is 0.541. The molecule has 9 heteroatoms. The van der Waals surface area contributed by atoms with Gasteiger partial charge in [0.25, 0.3) is 0 Å². The van der Waals surface area contributed by atoms with Crippen molar-refractivity contribution in [2.24, 2.45) is 0 Å². The molecular weight excluding hydrogens is 455 g/mol. The lowest BCUT2D eigenvalue weighted by molar-refractivity contribution is -0.139. The second-order valence-corrected chi connectivity index (χ2v) is 7.69. The monoisotopic (exact) mass is 478 g/mol. The first-order valence-electron chi connectivity index (χ1n) is 10.1. The highest BCUT2D eigenvalue weighted by Gasteiger charge is 2.38. The van der Waals surface area contributed by atoms with Crippen molar-refractivity contribution < 1.29 is 23.8 Å². The minimum Gasteiger partial charge on any atom is -0.497 e. The molecule has 170 valence electrons. The Kier molecular flexibility index (Phi) is 7.88. The number of halogens is 2. The van der Waals surface area contributed by atoms with Gasteiger partial charge in [-0.25, -0.2) is 9.59 Å². The smallest absolute Gasteiger partial charge is 0.338 e. The van der Waals surface area contributed by atoms with Gasteiger partial charge in [0.1, 0.15) is 18.1 Å². The van der Waals surface area contributed by atoms with E-state index in [2.05, 4.69) is 5.32 Å². The van der Waals surface area contributed by atoms with Crippen molar-refractivity contribution in [3.63, 3.8) is 0 Å². The lowest BCUT2D eigenvalue weighted by Gasteiger charge is -2.36. The van der Waals surface area contributed by atoms with Gasteiger partial charge in [-0.05, 0) is 43.7 Å². The van der Waals surface area contributed by atoms with Gasteiger partial charge in [-0.15, -0.1) is 0 Å². The van der Waals surface area contributed by atoms with Crippen molar-refractivity contribution in [3.05, 3.63) is 69.3 Å². The number of ether oxygens (including phenoxy) is 3. The molecule has 1 aliphatic rings. The van der Waals surface area contributed by atoms with Crippen molar-refractivity contribution in [2.75, 3.05) is 26.9 Å². The minimum atomic E-state index is -0.743. The Balaban J connectivity index is 2.10. The van der Waals surface area contributed by atoms with Crippen LogP contribution in [0.5, 0.6) is 11.5 Å². The van der Waals surface area contributed by atoms with E-state index in [4.69, 9.17) is 37.4 Å². The molecule has 1 atom stereocenters. The van der Waals surface area contributed by atoms with Crippen LogP contribution in [-0.2, 0) is 9.53 Å². The number of hydrogen-bond donors (Lipinski definition) is 1. The lowest BCUT2D eigenvalue weighted by Crippen LogP contribution is -2.49. The second kappa shape index (κ2) is 10.6. The Bertz CT molecular complexity index is 1040. The van der Waals surface area contributed by atoms with Gasteiger partial charge in [-0.2, -0.15) is 0 Å². The number of carbonyl (C=O) groups excluding carboxylic acids is 2. The number of benzene rings is 2. The summed E-state index contributed by atoms with van der Waals surface area (Å²) in [5.74, 6) is 0.394. The third-order valence-electron chi connectivity index (χ3n) is 4.93. The average molecular weight is 479 g/mol. The number of carbonyl (C=O) groups is 2. The summed E-state index contributed by atoms with van der Waals surface area (Å²) in [6.45, 7) is 3.94.